The number of amides is 1. The van der Waals surface area contributed by atoms with E-state index in [1.165, 1.54) is 0 Å². The maximum atomic E-state index is 13.6. The molecule has 33 heavy (non-hydrogen) atoms. The third-order valence-corrected chi connectivity index (χ3v) is 5.61. The van der Waals surface area contributed by atoms with Crippen LogP contribution in [0.5, 0.6) is 11.5 Å². The highest BCUT2D eigenvalue weighted by Crippen LogP contribution is 2.32. The molecule has 170 valence electrons. The maximum Gasteiger partial charge on any atom is 0.321 e. The van der Waals surface area contributed by atoms with E-state index in [0.29, 0.717) is 18.0 Å². The van der Waals surface area contributed by atoms with Gasteiger partial charge in [-0.1, -0.05) is 54.6 Å². The number of carboxylic acids is 1. The van der Waals surface area contributed by atoms with Gasteiger partial charge in [0, 0.05) is 0 Å². The molecule has 1 aliphatic rings. The van der Waals surface area contributed by atoms with Gasteiger partial charge in [-0.3, -0.25) is 14.9 Å². The largest absolute Gasteiger partial charge is 0.497 e. The monoisotopic (exact) mass is 446 g/mol. The normalized spacial score (nSPS) is 16.3. The Morgan fingerprint density at radius 2 is 1.76 bits per heavy atom. The van der Waals surface area contributed by atoms with Gasteiger partial charge in [0.1, 0.15) is 30.2 Å². The van der Waals surface area contributed by atoms with Gasteiger partial charge in [0.05, 0.1) is 19.3 Å². The Hall–Kier alpha value is -3.84. The van der Waals surface area contributed by atoms with Crippen molar-refractivity contribution in [3.63, 3.8) is 0 Å². The standard InChI is InChI=1S/C26H26N2O5/c1-32-20-13-11-19(12-14-20)16-28-23-9-5-6-10-24(23)33-17-22(25(28)29)27-21(26(30)31)15-18-7-3-2-4-8-18/h2-14,21-22,27H,15-17H2,1H3,(H,30,31)/t21-,22-/m0/s1. The van der Waals surface area contributed by atoms with E-state index in [9.17, 15) is 14.7 Å². The molecule has 0 radical (unpaired) electrons. The van der Waals surface area contributed by atoms with E-state index >= 15 is 0 Å². The number of carboxylic acid groups (broad SMARTS) is 1. The number of carbonyl (C=O) groups excluding carboxylic acids is 1. The number of hydrogen-bond donors (Lipinski definition) is 2. The van der Waals surface area contributed by atoms with Crippen molar-refractivity contribution in [2.45, 2.75) is 25.0 Å². The molecule has 7 nitrogen and oxygen atoms in total. The molecule has 3 aromatic carbocycles. The zero-order chi connectivity index (χ0) is 23.2. The summed E-state index contributed by atoms with van der Waals surface area (Å²) in [5.74, 6) is 0.0539. The van der Waals surface area contributed by atoms with Crippen LogP contribution in [0.3, 0.4) is 0 Å². The first-order valence-corrected chi connectivity index (χ1v) is 10.7. The van der Waals surface area contributed by atoms with Crippen LogP contribution < -0.4 is 19.7 Å². The molecule has 1 aliphatic heterocycles. The topological polar surface area (TPSA) is 88.1 Å². The molecule has 2 atom stereocenters. The van der Waals surface area contributed by atoms with E-state index in [1.54, 1.807) is 12.0 Å². The molecule has 2 N–H and O–H groups in total. The van der Waals surface area contributed by atoms with Gasteiger partial charge in [-0.25, -0.2) is 0 Å². The van der Waals surface area contributed by atoms with Crippen LogP contribution in [0.15, 0.2) is 78.9 Å². The van der Waals surface area contributed by atoms with E-state index in [4.69, 9.17) is 9.47 Å². The molecule has 4 rings (SSSR count). The van der Waals surface area contributed by atoms with Crippen LogP contribution in [0, 0.1) is 0 Å². The van der Waals surface area contributed by atoms with Gasteiger partial charge in [-0.2, -0.15) is 0 Å². The molecule has 0 fully saturated rings. The first-order valence-electron chi connectivity index (χ1n) is 10.7. The molecule has 0 spiro atoms. The summed E-state index contributed by atoms with van der Waals surface area (Å²) in [7, 11) is 1.60. The summed E-state index contributed by atoms with van der Waals surface area (Å²) in [6.45, 7) is 0.353. The lowest BCUT2D eigenvalue weighted by molar-refractivity contribution is -0.140. The van der Waals surface area contributed by atoms with Crippen LogP contribution in [0.1, 0.15) is 11.1 Å². The number of nitrogens with one attached hydrogen (secondary N) is 1. The number of anilines is 1. The highest BCUT2D eigenvalue weighted by Gasteiger charge is 2.34. The first kappa shape index (κ1) is 22.4. The number of carbonyl (C=O) groups is 2. The van der Waals surface area contributed by atoms with Crippen molar-refractivity contribution >= 4 is 17.6 Å². The third kappa shape index (κ3) is 5.32. The number of nitrogens with zero attached hydrogens (tertiary/aromatic N) is 1. The molecule has 0 aliphatic carbocycles. The van der Waals surface area contributed by atoms with Crippen molar-refractivity contribution in [1.82, 2.24) is 5.32 Å². The van der Waals surface area contributed by atoms with Gasteiger partial charge in [0.2, 0.25) is 5.91 Å². The smallest absolute Gasteiger partial charge is 0.321 e. The van der Waals surface area contributed by atoms with E-state index in [2.05, 4.69) is 5.32 Å². The fourth-order valence-corrected chi connectivity index (χ4v) is 3.86. The fraction of sp³-hybridized carbons (Fsp3) is 0.231. The van der Waals surface area contributed by atoms with Gasteiger partial charge in [-0.15, -0.1) is 0 Å². The SMILES string of the molecule is COc1ccc(CN2C(=O)[C@@H](N[C@@H](Cc3ccccc3)C(=O)O)COc3ccccc32)cc1. The lowest BCUT2D eigenvalue weighted by atomic mass is 10.0. The van der Waals surface area contributed by atoms with E-state index in [1.807, 2.05) is 78.9 Å². The molecule has 7 heteroatoms. The number of para-hydroxylation sites is 2. The molecule has 1 amide bonds. The number of ether oxygens (including phenoxy) is 2. The van der Waals surface area contributed by atoms with Crippen molar-refractivity contribution in [2.24, 2.45) is 0 Å². The minimum Gasteiger partial charge on any atom is -0.497 e. The quantitative estimate of drug-likeness (QED) is 0.552. The summed E-state index contributed by atoms with van der Waals surface area (Å²) in [4.78, 5) is 27.2. The van der Waals surface area contributed by atoms with Crippen molar-refractivity contribution in [2.75, 3.05) is 18.6 Å². The second-order valence-electron chi connectivity index (χ2n) is 7.85. The van der Waals surface area contributed by atoms with Gasteiger partial charge >= 0.3 is 5.97 Å². The number of rotatable bonds is 8. The third-order valence-electron chi connectivity index (χ3n) is 5.61. The molecule has 0 aromatic heterocycles. The molecule has 0 bridgehead atoms. The highest BCUT2D eigenvalue weighted by atomic mass is 16.5. The maximum absolute atomic E-state index is 13.6. The van der Waals surface area contributed by atoms with E-state index in [0.717, 1.165) is 16.9 Å². The molecule has 3 aromatic rings. The Labute approximate surface area is 192 Å². The van der Waals surface area contributed by atoms with Crippen molar-refractivity contribution in [3.05, 3.63) is 90.0 Å². The molecule has 0 saturated carbocycles. The van der Waals surface area contributed by atoms with E-state index < -0.39 is 18.1 Å². The summed E-state index contributed by atoms with van der Waals surface area (Å²) < 4.78 is 11.2. The second kappa shape index (κ2) is 10.2. The zero-order valence-corrected chi connectivity index (χ0v) is 18.3. The zero-order valence-electron chi connectivity index (χ0n) is 18.3. The molecule has 0 saturated heterocycles. The molecular weight excluding hydrogens is 420 g/mol. The van der Waals surface area contributed by atoms with Crippen LogP contribution in [0.25, 0.3) is 0 Å². The minimum atomic E-state index is -1.02. The Balaban J connectivity index is 1.59. The molecular formula is C26H26N2O5. The van der Waals surface area contributed by atoms with Crippen LogP contribution >= 0.6 is 0 Å². The average molecular weight is 447 g/mol. The second-order valence-corrected chi connectivity index (χ2v) is 7.85. The van der Waals surface area contributed by atoms with Crippen molar-refractivity contribution in [3.8, 4) is 11.5 Å². The first-order chi connectivity index (χ1) is 16.0. The molecule has 0 unspecified atom stereocenters. The summed E-state index contributed by atoms with van der Waals surface area (Å²) >= 11 is 0. The number of aliphatic carboxylic acids is 1. The number of methoxy groups -OCH3 is 1. The van der Waals surface area contributed by atoms with Crippen molar-refractivity contribution in [1.29, 1.82) is 0 Å². The van der Waals surface area contributed by atoms with E-state index in [-0.39, 0.29) is 18.9 Å². The van der Waals surface area contributed by atoms with Crippen LogP contribution in [0.2, 0.25) is 0 Å². The average Bonchev–Trinajstić information content (AvgIpc) is 2.97. The van der Waals surface area contributed by atoms with Gasteiger partial charge in [0.15, 0.2) is 0 Å². The number of benzene rings is 3. The van der Waals surface area contributed by atoms with Gasteiger partial charge < -0.3 is 19.5 Å². The number of hydrogen-bond acceptors (Lipinski definition) is 5. The predicted octanol–water partition coefficient (Wildman–Crippen LogP) is 3.27. The Bertz CT molecular complexity index is 1100. The lowest BCUT2D eigenvalue weighted by Gasteiger charge is -2.27. The summed E-state index contributed by atoms with van der Waals surface area (Å²) in [6, 6.07) is 22.4. The summed E-state index contributed by atoms with van der Waals surface area (Å²) in [5.41, 5.74) is 2.44. The van der Waals surface area contributed by atoms with Crippen LogP contribution in [-0.4, -0.2) is 42.8 Å². The summed E-state index contributed by atoms with van der Waals surface area (Å²) in [5, 5.41) is 12.8. The Kier molecular flexibility index (Phi) is 6.90. The predicted molar refractivity (Wildman–Crippen MR) is 125 cm³/mol. The van der Waals surface area contributed by atoms with Crippen LogP contribution in [-0.2, 0) is 22.6 Å². The molecule has 1 heterocycles. The van der Waals surface area contributed by atoms with Gasteiger partial charge in [0.25, 0.3) is 0 Å². The fourth-order valence-electron chi connectivity index (χ4n) is 3.86. The highest BCUT2D eigenvalue weighted by molar-refractivity contribution is 5.99. The number of fused-ring (bicyclic) bond motifs is 1. The summed E-state index contributed by atoms with van der Waals surface area (Å²) in [6.07, 6.45) is 0.255. The Morgan fingerprint density at radius 3 is 2.45 bits per heavy atom. The van der Waals surface area contributed by atoms with Gasteiger partial charge in [-0.05, 0) is 41.8 Å². The lowest BCUT2D eigenvalue weighted by Crippen LogP contribution is -2.54. The minimum absolute atomic E-state index is 0.0352. The van der Waals surface area contributed by atoms with Crippen molar-refractivity contribution < 1.29 is 24.2 Å². The Morgan fingerprint density at radius 1 is 1.06 bits per heavy atom. The van der Waals surface area contributed by atoms with Crippen LogP contribution in [0.4, 0.5) is 5.69 Å².